The van der Waals surface area contributed by atoms with Gasteiger partial charge in [-0.1, -0.05) is 0 Å². The zero-order valence-electron chi connectivity index (χ0n) is 12.5. The van der Waals surface area contributed by atoms with Gasteiger partial charge in [0.15, 0.2) is 0 Å². The maximum atomic E-state index is 8.42. The minimum atomic E-state index is -2.92. The first-order valence-electron chi connectivity index (χ1n) is 3.54. The van der Waals surface area contributed by atoms with E-state index in [-0.39, 0.29) is 56.9 Å². The summed E-state index contributed by atoms with van der Waals surface area (Å²) in [6.07, 6.45) is 0. The van der Waals surface area contributed by atoms with Crippen molar-refractivity contribution in [3.63, 3.8) is 0 Å². The third-order valence-corrected chi connectivity index (χ3v) is 0. The van der Waals surface area contributed by atoms with E-state index in [1.165, 1.54) is 0 Å². The van der Waals surface area contributed by atoms with Crippen molar-refractivity contribution in [1.29, 1.82) is 0 Å². The van der Waals surface area contributed by atoms with Crippen molar-refractivity contribution in [2.45, 2.75) is 0 Å². The molecule has 26 heavy (non-hydrogen) atoms. The van der Waals surface area contributed by atoms with E-state index in [1.807, 2.05) is 0 Å². The van der Waals surface area contributed by atoms with Gasteiger partial charge >= 0.3 is 29.6 Å². The first-order chi connectivity index (χ1) is 8.66. The molecule has 0 atom stereocenters. The Kier molecular flexibility index (Phi) is 176. The van der Waals surface area contributed by atoms with E-state index in [1.54, 1.807) is 0 Å². The van der Waals surface area contributed by atoms with Crippen molar-refractivity contribution in [3.8, 4) is 0 Å². The van der Waals surface area contributed by atoms with Gasteiger partial charge in [-0.2, -0.15) is 0 Å². The molecule has 0 radical (unpaired) electrons. The Morgan fingerprint density at radius 1 is 0.231 bits per heavy atom. The number of rotatable bonds is 0. The van der Waals surface area contributed by atoms with E-state index in [0.717, 1.165) is 0 Å². The largest absolute Gasteiger partial charge is 1.00 e. The molecule has 0 saturated heterocycles. The first kappa shape index (κ1) is 71.7. The van der Waals surface area contributed by atoms with Crippen LogP contribution in [0.2, 0.25) is 0 Å². The molecular formula is H10B5NaO20-14. The Morgan fingerprint density at radius 2 is 0.231 bits per heavy atom. The summed E-state index contributed by atoms with van der Waals surface area (Å²) in [6.45, 7) is 0. The van der Waals surface area contributed by atoms with Crippen LogP contribution in [-0.2, 0) is 0 Å². The van der Waals surface area contributed by atoms with Gasteiger partial charge in [0, 0.05) is 0 Å². The molecule has 0 aliphatic carbocycles. The summed E-state index contributed by atoms with van der Waals surface area (Å²) in [6, 6.07) is 0. The van der Waals surface area contributed by atoms with Gasteiger partial charge in [-0.3, -0.25) is 36.6 Å². The van der Waals surface area contributed by atoms with Crippen molar-refractivity contribution < 1.29 is 132 Å². The van der Waals surface area contributed by atoms with Crippen LogP contribution < -0.4 is 105 Å². The zero-order valence-corrected chi connectivity index (χ0v) is 14.5. The van der Waals surface area contributed by atoms with Gasteiger partial charge in [0.2, 0.25) is 0 Å². The Labute approximate surface area is 169 Å². The zero-order chi connectivity index (χ0) is 17.9. The van der Waals surface area contributed by atoms with Crippen LogP contribution >= 0.6 is 0 Å². The molecule has 0 fully saturated rings. The van der Waals surface area contributed by atoms with E-state index >= 15 is 0 Å². The van der Waals surface area contributed by atoms with E-state index in [0.29, 0.717) is 0 Å². The van der Waals surface area contributed by atoms with Crippen LogP contribution in [0.25, 0.3) is 0 Å². The van der Waals surface area contributed by atoms with Crippen LogP contribution in [0.15, 0.2) is 0 Å². The Bertz CT molecular complexity index is 82.8. The molecule has 0 spiro atoms. The van der Waals surface area contributed by atoms with Crippen LogP contribution in [-0.4, -0.2) is 64.0 Å². The van der Waals surface area contributed by atoms with E-state index in [4.69, 9.17) is 75.4 Å². The summed E-state index contributed by atoms with van der Waals surface area (Å²) in [5.74, 6) is 0. The Morgan fingerprint density at radius 3 is 0.231 bits per heavy atom. The fraction of sp³-hybridized carbons (Fsp3) is 0. The van der Waals surface area contributed by atoms with Crippen LogP contribution in [0.4, 0.5) is 0 Å². The molecule has 26 heteroatoms. The summed E-state index contributed by atoms with van der Waals surface area (Å²) in [4.78, 5) is 0. The van der Waals surface area contributed by atoms with Gasteiger partial charge in [0.1, 0.15) is 0 Å². The monoisotopic (exact) mass is 408 g/mol. The third kappa shape index (κ3) is 49300. The maximum absolute atomic E-state index is 8.42. The molecule has 0 aromatic rings. The number of hydrogen-bond acceptors (Lipinski definition) is 15. The molecule has 0 aromatic heterocycles. The van der Waals surface area contributed by atoms with Gasteiger partial charge in [-0.05, 0) is 0 Å². The summed E-state index contributed by atoms with van der Waals surface area (Å²) in [5.41, 5.74) is 0. The van der Waals surface area contributed by atoms with Crippen molar-refractivity contribution in [3.05, 3.63) is 0 Å². The van der Waals surface area contributed by atoms with Crippen molar-refractivity contribution in [2.24, 2.45) is 0 Å². The molecule has 0 bridgehead atoms. The van der Waals surface area contributed by atoms with Crippen molar-refractivity contribution >= 4 is 36.6 Å². The predicted molar refractivity (Wildman–Crippen MR) is 46.8 cm³/mol. The summed E-state index contributed by atoms with van der Waals surface area (Å²) < 4.78 is 0. The van der Waals surface area contributed by atoms with Crippen LogP contribution in [0.5, 0.6) is 0 Å². The summed E-state index contributed by atoms with van der Waals surface area (Å²) in [5, 5.41) is 126. The standard InChI is InChI=1S/5BO3.Na.5H2O/c5*2-1(3)4;;;;;;/h;;;;;;5*1H2/q5*-3;+1;;;;;. The molecule has 0 amide bonds. The molecule has 160 valence electrons. The molecule has 0 rings (SSSR count). The average Bonchev–Trinajstić information content (AvgIpc) is 1.94. The Balaban J connectivity index is -0.0000000114. The normalized spacial score (nSPS) is 5.19. The minimum Gasteiger partial charge on any atom is -0.907 e. The van der Waals surface area contributed by atoms with Gasteiger partial charge < -0.3 is 103 Å². The summed E-state index contributed by atoms with van der Waals surface area (Å²) >= 11 is 0. The molecule has 0 saturated carbocycles. The molecule has 0 unspecified atom stereocenters. The molecule has 0 heterocycles. The molecule has 0 aromatic carbocycles. The average molecular weight is 407 g/mol. The minimum absolute atomic E-state index is 0. The van der Waals surface area contributed by atoms with Gasteiger partial charge in [0.05, 0.1) is 0 Å². The molecule has 10 N–H and O–H groups in total. The van der Waals surface area contributed by atoms with Crippen LogP contribution in [0.1, 0.15) is 0 Å². The summed E-state index contributed by atoms with van der Waals surface area (Å²) in [7, 11) is -14.6. The fourth-order valence-electron chi connectivity index (χ4n) is 0. The van der Waals surface area contributed by atoms with E-state index in [2.05, 4.69) is 0 Å². The second kappa shape index (κ2) is 63.7. The number of hydrogen-bond donors (Lipinski definition) is 0. The second-order valence-electron chi connectivity index (χ2n) is 1.44. The smallest absolute Gasteiger partial charge is 0.907 e. The first-order valence-corrected chi connectivity index (χ1v) is 3.54. The SMILES string of the molecule is O.O.O.O.O.[Na+].[O-]B([O-])[O-].[O-]B([O-])[O-].[O-]B([O-])[O-].[O-]B([O-])[O-].[O-]B([O-])[O-]. The van der Waals surface area contributed by atoms with Crippen molar-refractivity contribution in [1.82, 2.24) is 0 Å². The molecule has 0 aliphatic heterocycles. The van der Waals surface area contributed by atoms with E-state index < -0.39 is 36.6 Å². The predicted octanol–water partition coefficient (Wildman–Crippen LogP) is -26.9. The molecule has 0 aliphatic rings. The maximum Gasteiger partial charge on any atom is 1.00 e. The van der Waals surface area contributed by atoms with Gasteiger partial charge in [-0.15, -0.1) is 0 Å². The fourth-order valence-corrected chi connectivity index (χ4v) is 0. The van der Waals surface area contributed by atoms with Gasteiger partial charge in [-0.25, -0.2) is 0 Å². The molecule has 20 nitrogen and oxygen atoms in total. The quantitative estimate of drug-likeness (QED) is 0.336. The van der Waals surface area contributed by atoms with Crippen LogP contribution in [0.3, 0.4) is 0 Å². The second-order valence-corrected chi connectivity index (χ2v) is 1.44. The molecular weight excluding hydrogens is 397 g/mol. The topological polar surface area (TPSA) is 503 Å². The Hall–Kier alpha value is 0.525. The third-order valence-electron chi connectivity index (χ3n) is 0. The van der Waals surface area contributed by atoms with Crippen LogP contribution in [0, 0.1) is 0 Å². The van der Waals surface area contributed by atoms with E-state index in [9.17, 15) is 0 Å². The van der Waals surface area contributed by atoms with Gasteiger partial charge in [0.25, 0.3) is 0 Å². The van der Waals surface area contributed by atoms with Crippen molar-refractivity contribution in [2.75, 3.05) is 0 Å².